The van der Waals surface area contributed by atoms with Crippen LogP contribution in [-0.4, -0.2) is 37.2 Å². The quantitative estimate of drug-likeness (QED) is 0.367. The van der Waals surface area contributed by atoms with Crippen LogP contribution in [0.15, 0.2) is 59.6 Å². The molecule has 1 atom stereocenters. The third-order valence-electron chi connectivity index (χ3n) is 4.41. The minimum atomic E-state index is -0.803. The standard InChI is InChI=1S/C24H29NO5S/c1-17(2)14-21(31-16-19-10-12-20(28-3)13-11-19)22(23(26)29-4)25-24(27)30-15-18-8-6-5-7-9-18/h5-13,17,21H,14-16H2,1-4H3. The van der Waals surface area contributed by atoms with Crippen LogP contribution >= 0.6 is 11.8 Å². The number of carbonyl (C=O) groups is 2. The molecule has 31 heavy (non-hydrogen) atoms. The maximum Gasteiger partial charge on any atom is 0.434 e. The van der Waals surface area contributed by atoms with E-state index in [1.165, 1.54) is 7.11 Å². The maximum atomic E-state index is 12.4. The Bertz CT molecular complexity index is 865. The summed E-state index contributed by atoms with van der Waals surface area (Å²) in [5.74, 6) is 1.11. The molecule has 0 heterocycles. The molecule has 0 aromatic heterocycles. The molecular weight excluding hydrogens is 414 g/mol. The highest BCUT2D eigenvalue weighted by molar-refractivity contribution is 8.00. The predicted octanol–water partition coefficient (Wildman–Crippen LogP) is 5.29. The molecule has 0 radical (unpaired) electrons. The van der Waals surface area contributed by atoms with Crippen molar-refractivity contribution in [2.75, 3.05) is 14.2 Å². The molecule has 1 unspecified atom stereocenters. The Hall–Kier alpha value is -2.80. The highest BCUT2D eigenvalue weighted by Crippen LogP contribution is 2.26. The molecule has 166 valence electrons. The first-order chi connectivity index (χ1) is 14.9. The van der Waals surface area contributed by atoms with Crippen molar-refractivity contribution in [3.63, 3.8) is 0 Å². The normalized spacial score (nSPS) is 12.4. The van der Waals surface area contributed by atoms with Gasteiger partial charge >= 0.3 is 12.1 Å². The molecule has 2 rings (SSSR count). The van der Waals surface area contributed by atoms with Crippen molar-refractivity contribution in [1.29, 1.82) is 0 Å². The number of aliphatic imine (C=N–C) groups is 1. The van der Waals surface area contributed by atoms with Gasteiger partial charge in [-0.1, -0.05) is 56.3 Å². The van der Waals surface area contributed by atoms with E-state index >= 15 is 0 Å². The predicted molar refractivity (Wildman–Crippen MR) is 124 cm³/mol. The molecule has 0 bridgehead atoms. The lowest BCUT2D eigenvalue weighted by Crippen LogP contribution is -2.30. The monoisotopic (exact) mass is 443 g/mol. The molecule has 6 nitrogen and oxygen atoms in total. The molecule has 1 amide bonds. The number of nitrogens with zero attached hydrogens (tertiary/aromatic N) is 1. The Morgan fingerprint density at radius 1 is 0.968 bits per heavy atom. The summed E-state index contributed by atoms with van der Waals surface area (Å²) in [5.41, 5.74) is 2.00. The van der Waals surface area contributed by atoms with Gasteiger partial charge in [0.05, 0.1) is 19.5 Å². The van der Waals surface area contributed by atoms with Crippen molar-refractivity contribution in [1.82, 2.24) is 0 Å². The van der Waals surface area contributed by atoms with Gasteiger partial charge in [0.15, 0.2) is 0 Å². The number of thioether (sulfide) groups is 1. The molecule has 0 saturated carbocycles. The molecule has 0 saturated heterocycles. The fraction of sp³-hybridized carbons (Fsp3) is 0.375. The summed E-state index contributed by atoms with van der Waals surface area (Å²) < 4.78 is 15.3. The van der Waals surface area contributed by atoms with Gasteiger partial charge in [0, 0.05) is 5.75 Å². The first kappa shape index (κ1) is 24.5. The van der Waals surface area contributed by atoms with Crippen LogP contribution < -0.4 is 4.74 Å². The van der Waals surface area contributed by atoms with E-state index in [0.29, 0.717) is 18.1 Å². The largest absolute Gasteiger partial charge is 0.497 e. The molecule has 2 aromatic carbocycles. The van der Waals surface area contributed by atoms with E-state index in [1.807, 2.05) is 54.6 Å². The van der Waals surface area contributed by atoms with Gasteiger partial charge in [-0.2, -0.15) is 4.99 Å². The van der Waals surface area contributed by atoms with E-state index in [2.05, 4.69) is 18.8 Å². The van der Waals surface area contributed by atoms with Gasteiger partial charge in [0.1, 0.15) is 18.1 Å². The first-order valence-corrected chi connectivity index (χ1v) is 11.1. The Balaban J connectivity index is 2.14. The van der Waals surface area contributed by atoms with Gasteiger partial charge in [0.25, 0.3) is 0 Å². The zero-order valence-corrected chi connectivity index (χ0v) is 19.2. The molecule has 7 heteroatoms. The maximum absolute atomic E-state index is 12.4. The molecule has 0 spiro atoms. The van der Waals surface area contributed by atoms with E-state index in [1.54, 1.807) is 18.9 Å². The molecule has 2 aromatic rings. The van der Waals surface area contributed by atoms with Crippen molar-refractivity contribution in [2.45, 2.75) is 37.9 Å². The average molecular weight is 444 g/mol. The molecule has 0 aliphatic carbocycles. The topological polar surface area (TPSA) is 74.2 Å². The zero-order chi connectivity index (χ0) is 22.6. The van der Waals surface area contributed by atoms with Crippen LogP contribution in [0.25, 0.3) is 0 Å². The second-order valence-corrected chi connectivity index (χ2v) is 8.50. The van der Waals surface area contributed by atoms with Gasteiger partial charge < -0.3 is 14.2 Å². The lowest BCUT2D eigenvalue weighted by Gasteiger charge is -2.19. The number of amides is 1. The van der Waals surface area contributed by atoms with Crippen LogP contribution in [0.5, 0.6) is 5.75 Å². The van der Waals surface area contributed by atoms with E-state index in [-0.39, 0.29) is 17.6 Å². The number of rotatable bonds is 10. The van der Waals surface area contributed by atoms with E-state index in [9.17, 15) is 9.59 Å². The van der Waals surface area contributed by atoms with Gasteiger partial charge in [-0.15, -0.1) is 11.8 Å². The lowest BCUT2D eigenvalue weighted by molar-refractivity contribution is -0.132. The van der Waals surface area contributed by atoms with Crippen LogP contribution in [0.2, 0.25) is 0 Å². The Labute approximate surface area is 188 Å². The van der Waals surface area contributed by atoms with Crippen LogP contribution in [0.4, 0.5) is 4.79 Å². The number of methoxy groups -OCH3 is 2. The average Bonchev–Trinajstić information content (AvgIpc) is 2.79. The second kappa shape index (κ2) is 12.8. The van der Waals surface area contributed by atoms with Crippen molar-refractivity contribution < 1.29 is 23.8 Å². The zero-order valence-electron chi connectivity index (χ0n) is 18.4. The number of ether oxygens (including phenoxy) is 3. The third kappa shape index (κ3) is 8.45. The summed E-state index contributed by atoms with van der Waals surface area (Å²) in [5, 5.41) is -0.307. The molecular formula is C24H29NO5S. The number of carbonyl (C=O) groups excluding carboxylic acids is 2. The fourth-order valence-corrected chi connectivity index (χ4v) is 4.22. The minimum absolute atomic E-state index is 0.0766. The second-order valence-electron chi connectivity index (χ2n) is 7.31. The molecule has 0 N–H and O–H groups in total. The van der Waals surface area contributed by atoms with Crippen molar-refractivity contribution >= 4 is 29.5 Å². The van der Waals surface area contributed by atoms with Crippen molar-refractivity contribution in [3.05, 3.63) is 65.7 Å². The van der Waals surface area contributed by atoms with E-state index in [0.717, 1.165) is 16.9 Å². The smallest absolute Gasteiger partial charge is 0.434 e. The van der Waals surface area contributed by atoms with E-state index in [4.69, 9.17) is 14.2 Å². The summed E-state index contributed by atoms with van der Waals surface area (Å²) in [6, 6.07) is 17.0. The highest BCUT2D eigenvalue weighted by Gasteiger charge is 2.27. The molecule has 0 aliphatic heterocycles. The van der Waals surface area contributed by atoms with Crippen LogP contribution in [0, 0.1) is 5.92 Å². The lowest BCUT2D eigenvalue weighted by atomic mass is 10.0. The molecule has 0 aliphatic rings. The first-order valence-electron chi connectivity index (χ1n) is 10.0. The number of esters is 1. The van der Waals surface area contributed by atoms with Crippen molar-refractivity contribution in [3.8, 4) is 5.75 Å². The molecule has 0 fully saturated rings. The van der Waals surface area contributed by atoms with Gasteiger partial charge in [0.2, 0.25) is 0 Å². The summed E-state index contributed by atoms with van der Waals surface area (Å²) in [4.78, 5) is 28.8. The van der Waals surface area contributed by atoms with Gasteiger partial charge in [-0.05, 0) is 35.6 Å². The Morgan fingerprint density at radius 3 is 2.23 bits per heavy atom. The van der Waals surface area contributed by atoms with Crippen molar-refractivity contribution in [2.24, 2.45) is 10.9 Å². The van der Waals surface area contributed by atoms with Crippen LogP contribution in [0.3, 0.4) is 0 Å². The van der Waals surface area contributed by atoms with Gasteiger partial charge in [-0.3, -0.25) is 0 Å². The van der Waals surface area contributed by atoms with Crippen LogP contribution in [0.1, 0.15) is 31.4 Å². The summed E-state index contributed by atoms with van der Waals surface area (Å²) in [6.07, 6.45) is -0.135. The summed E-state index contributed by atoms with van der Waals surface area (Å²) >= 11 is 1.54. The Morgan fingerprint density at radius 2 is 1.65 bits per heavy atom. The fourth-order valence-electron chi connectivity index (χ4n) is 2.81. The van der Waals surface area contributed by atoms with E-state index < -0.39 is 12.1 Å². The number of hydrogen-bond acceptors (Lipinski definition) is 6. The third-order valence-corrected chi connectivity index (χ3v) is 5.73. The summed E-state index contributed by atoms with van der Waals surface area (Å²) in [7, 11) is 2.91. The van der Waals surface area contributed by atoms with Crippen LogP contribution in [-0.2, 0) is 26.6 Å². The highest BCUT2D eigenvalue weighted by atomic mass is 32.2. The SMILES string of the molecule is COC(=O)C(=NC(=O)OCc1ccccc1)C(CC(C)C)SCc1ccc(OC)cc1. The number of hydrogen-bond donors (Lipinski definition) is 0. The summed E-state index contributed by atoms with van der Waals surface area (Å²) in [6.45, 7) is 4.21. The van der Waals surface area contributed by atoms with Gasteiger partial charge in [-0.25, -0.2) is 9.59 Å². The Kier molecular flexibility index (Phi) is 10.1. The number of benzene rings is 2. The minimum Gasteiger partial charge on any atom is -0.497 e.